The SMILES string of the molecule is CCCCn1ncc(C=O)c1-c1ccc(OC)cc1OCc1ccccc1C(=O)O. The first-order chi connectivity index (χ1) is 14.6. The summed E-state index contributed by atoms with van der Waals surface area (Å²) in [5.74, 6) is 0.0596. The van der Waals surface area contributed by atoms with E-state index in [0.717, 1.165) is 19.1 Å². The van der Waals surface area contributed by atoms with Crippen molar-refractivity contribution in [2.24, 2.45) is 0 Å². The molecule has 0 aliphatic carbocycles. The van der Waals surface area contributed by atoms with Crippen LogP contribution in [-0.4, -0.2) is 34.3 Å². The van der Waals surface area contributed by atoms with Gasteiger partial charge in [-0.05, 0) is 24.6 Å². The highest BCUT2D eigenvalue weighted by Gasteiger charge is 2.18. The highest BCUT2D eigenvalue weighted by atomic mass is 16.5. The molecule has 30 heavy (non-hydrogen) atoms. The van der Waals surface area contributed by atoms with Crippen LogP contribution < -0.4 is 9.47 Å². The van der Waals surface area contributed by atoms with Crippen LogP contribution in [0.4, 0.5) is 0 Å². The molecule has 0 atom stereocenters. The van der Waals surface area contributed by atoms with E-state index in [-0.39, 0.29) is 12.2 Å². The molecular formula is C23H24N2O5. The molecule has 0 bridgehead atoms. The molecule has 0 saturated carbocycles. The maximum atomic E-state index is 11.6. The van der Waals surface area contributed by atoms with Crippen molar-refractivity contribution in [3.05, 3.63) is 65.4 Å². The van der Waals surface area contributed by atoms with Gasteiger partial charge in [0.15, 0.2) is 6.29 Å². The molecule has 0 saturated heterocycles. The van der Waals surface area contributed by atoms with Crippen molar-refractivity contribution in [2.75, 3.05) is 7.11 Å². The molecule has 0 aliphatic heterocycles. The maximum Gasteiger partial charge on any atom is 0.336 e. The number of carboxylic acids is 1. The van der Waals surface area contributed by atoms with Gasteiger partial charge in [0, 0.05) is 23.7 Å². The van der Waals surface area contributed by atoms with Crippen LogP contribution in [0, 0.1) is 0 Å². The molecule has 7 nitrogen and oxygen atoms in total. The minimum atomic E-state index is -1.01. The van der Waals surface area contributed by atoms with Crippen LogP contribution in [0.5, 0.6) is 11.5 Å². The van der Waals surface area contributed by atoms with Crippen molar-refractivity contribution in [3.8, 4) is 22.8 Å². The van der Waals surface area contributed by atoms with Gasteiger partial charge in [0.1, 0.15) is 18.1 Å². The third-order valence-corrected chi connectivity index (χ3v) is 4.79. The van der Waals surface area contributed by atoms with E-state index < -0.39 is 5.97 Å². The zero-order valence-corrected chi connectivity index (χ0v) is 17.0. The van der Waals surface area contributed by atoms with E-state index >= 15 is 0 Å². The van der Waals surface area contributed by atoms with Crippen LogP contribution in [0.2, 0.25) is 0 Å². The van der Waals surface area contributed by atoms with Gasteiger partial charge in [-0.25, -0.2) is 4.79 Å². The number of aldehydes is 1. The van der Waals surface area contributed by atoms with Crippen molar-refractivity contribution in [1.29, 1.82) is 0 Å². The van der Waals surface area contributed by atoms with Crippen LogP contribution in [-0.2, 0) is 13.2 Å². The highest BCUT2D eigenvalue weighted by molar-refractivity contribution is 5.89. The molecule has 156 valence electrons. The molecular weight excluding hydrogens is 384 g/mol. The first-order valence-electron chi connectivity index (χ1n) is 9.72. The Morgan fingerprint density at radius 3 is 2.73 bits per heavy atom. The molecule has 0 amide bonds. The zero-order chi connectivity index (χ0) is 21.5. The number of benzene rings is 2. The second-order valence-corrected chi connectivity index (χ2v) is 6.76. The monoisotopic (exact) mass is 408 g/mol. The standard InChI is InChI=1S/C23H24N2O5/c1-3-4-11-25-22(17(14-26)13-24-25)20-10-9-18(29-2)12-21(20)30-15-16-7-5-6-8-19(16)23(27)28/h5-10,12-14H,3-4,11,15H2,1-2H3,(H,27,28). The molecule has 2 aromatic carbocycles. The minimum Gasteiger partial charge on any atom is -0.497 e. The number of aromatic nitrogens is 2. The molecule has 1 heterocycles. The smallest absolute Gasteiger partial charge is 0.336 e. The Morgan fingerprint density at radius 1 is 1.23 bits per heavy atom. The Kier molecular flexibility index (Phi) is 6.85. The summed E-state index contributed by atoms with van der Waals surface area (Å²) in [6.07, 6.45) is 4.24. The number of carbonyl (C=O) groups is 2. The molecule has 7 heteroatoms. The van der Waals surface area contributed by atoms with Gasteiger partial charge < -0.3 is 14.6 Å². The fraction of sp³-hybridized carbons (Fsp3) is 0.261. The lowest BCUT2D eigenvalue weighted by Gasteiger charge is -2.16. The van der Waals surface area contributed by atoms with Gasteiger partial charge in [0.05, 0.1) is 30.1 Å². The van der Waals surface area contributed by atoms with Crippen LogP contribution >= 0.6 is 0 Å². The first-order valence-corrected chi connectivity index (χ1v) is 9.72. The van der Waals surface area contributed by atoms with Crippen LogP contribution in [0.3, 0.4) is 0 Å². The maximum absolute atomic E-state index is 11.6. The Labute approximate surface area is 174 Å². The zero-order valence-electron chi connectivity index (χ0n) is 17.0. The van der Waals surface area contributed by atoms with Gasteiger partial charge in [0.2, 0.25) is 0 Å². The number of methoxy groups -OCH3 is 1. The molecule has 1 N–H and O–H groups in total. The number of ether oxygens (including phenoxy) is 2. The quantitative estimate of drug-likeness (QED) is 0.499. The lowest BCUT2D eigenvalue weighted by atomic mass is 10.1. The van der Waals surface area contributed by atoms with Crippen LogP contribution in [0.1, 0.15) is 46.0 Å². The Hall–Kier alpha value is -3.61. The Balaban J connectivity index is 2.02. The number of rotatable bonds is 10. The minimum absolute atomic E-state index is 0.0577. The topological polar surface area (TPSA) is 90.7 Å². The number of unbranched alkanes of at least 4 members (excludes halogenated alkanes) is 1. The largest absolute Gasteiger partial charge is 0.497 e. The summed E-state index contributed by atoms with van der Waals surface area (Å²) < 4.78 is 13.2. The van der Waals surface area contributed by atoms with Crippen LogP contribution in [0.15, 0.2) is 48.7 Å². The molecule has 0 fully saturated rings. The normalized spacial score (nSPS) is 10.6. The van der Waals surface area contributed by atoms with E-state index in [1.807, 2.05) is 6.07 Å². The van der Waals surface area contributed by atoms with Gasteiger partial charge in [0.25, 0.3) is 0 Å². The summed E-state index contributed by atoms with van der Waals surface area (Å²) in [4.78, 5) is 23.1. The number of carbonyl (C=O) groups excluding carboxylic acids is 1. The second-order valence-electron chi connectivity index (χ2n) is 6.76. The Bertz CT molecular complexity index is 1040. The van der Waals surface area contributed by atoms with E-state index in [2.05, 4.69) is 12.0 Å². The Morgan fingerprint density at radius 2 is 2.03 bits per heavy atom. The average molecular weight is 408 g/mol. The van der Waals surface area contributed by atoms with Crippen molar-refractivity contribution < 1.29 is 24.2 Å². The van der Waals surface area contributed by atoms with Crippen LogP contribution in [0.25, 0.3) is 11.3 Å². The van der Waals surface area contributed by atoms with E-state index in [0.29, 0.717) is 40.4 Å². The number of hydrogen-bond donors (Lipinski definition) is 1. The predicted molar refractivity (Wildman–Crippen MR) is 112 cm³/mol. The summed E-state index contributed by atoms with van der Waals surface area (Å²) >= 11 is 0. The fourth-order valence-electron chi connectivity index (χ4n) is 3.21. The number of aromatic carboxylic acids is 1. The lowest BCUT2D eigenvalue weighted by molar-refractivity contribution is 0.0693. The third-order valence-electron chi connectivity index (χ3n) is 4.79. The molecule has 0 unspecified atom stereocenters. The third kappa shape index (κ3) is 4.51. The van der Waals surface area contributed by atoms with Gasteiger partial charge in [-0.3, -0.25) is 9.48 Å². The number of nitrogens with zero attached hydrogens (tertiary/aromatic N) is 2. The van der Waals surface area contributed by atoms with E-state index in [1.165, 1.54) is 6.07 Å². The number of hydrogen-bond acceptors (Lipinski definition) is 5. The molecule has 3 rings (SSSR count). The predicted octanol–water partition coefficient (Wildman–Crippen LogP) is 4.45. The molecule has 0 aliphatic rings. The van der Waals surface area contributed by atoms with Gasteiger partial charge >= 0.3 is 5.97 Å². The second kappa shape index (κ2) is 9.73. The molecule has 1 aromatic heterocycles. The number of carboxylic acid groups (broad SMARTS) is 1. The molecule has 0 radical (unpaired) electrons. The molecule has 3 aromatic rings. The van der Waals surface area contributed by atoms with Crippen molar-refractivity contribution in [1.82, 2.24) is 9.78 Å². The number of aryl methyl sites for hydroxylation is 1. The van der Waals surface area contributed by atoms with E-state index in [9.17, 15) is 14.7 Å². The average Bonchev–Trinajstić information content (AvgIpc) is 3.18. The van der Waals surface area contributed by atoms with Gasteiger partial charge in [-0.15, -0.1) is 0 Å². The summed E-state index contributed by atoms with van der Waals surface area (Å²) in [5.41, 5.74) is 2.56. The van der Waals surface area contributed by atoms with E-state index in [1.54, 1.807) is 48.3 Å². The summed E-state index contributed by atoms with van der Waals surface area (Å²) in [6.45, 7) is 2.82. The van der Waals surface area contributed by atoms with E-state index in [4.69, 9.17) is 9.47 Å². The highest BCUT2D eigenvalue weighted by Crippen LogP contribution is 2.36. The van der Waals surface area contributed by atoms with Gasteiger partial charge in [-0.2, -0.15) is 5.10 Å². The lowest BCUT2D eigenvalue weighted by Crippen LogP contribution is -2.07. The van der Waals surface area contributed by atoms with Crippen molar-refractivity contribution in [2.45, 2.75) is 32.9 Å². The summed E-state index contributed by atoms with van der Waals surface area (Å²) in [6, 6.07) is 12.0. The van der Waals surface area contributed by atoms with Gasteiger partial charge in [-0.1, -0.05) is 31.5 Å². The summed E-state index contributed by atoms with van der Waals surface area (Å²) in [7, 11) is 1.56. The first kappa shape index (κ1) is 21.1. The fourth-order valence-corrected chi connectivity index (χ4v) is 3.21. The van der Waals surface area contributed by atoms with Crippen molar-refractivity contribution in [3.63, 3.8) is 0 Å². The summed E-state index contributed by atoms with van der Waals surface area (Å²) in [5, 5.41) is 13.8. The van der Waals surface area contributed by atoms with Crippen molar-refractivity contribution >= 4 is 12.3 Å². The molecule has 0 spiro atoms.